The Kier molecular flexibility index (Phi) is 5.85. The van der Waals surface area contributed by atoms with E-state index in [9.17, 15) is 13.9 Å². The minimum atomic E-state index is -0.781. The zero-order valence-corrected chi connectivity index (χ0v) is 11.5. The fourth-order valence-corrected chi connectivity index (χ4v) is 1.87. The Morgan fingerprint density at radius 1 is 1.16 bits per heavy atom. The summed E-state index contributed by atoms with van der Waals surface area (Å²) in [5.41, 5.74) is 6.33. The van der Waals surface area contributed by atoms with Crippen molar-refractivity contribution >= 4 is 0 Å². The first kappa shape index (κ1) is 16.0. The first-order chi connectivity index (χ1) is 8.81. The molecule has 0 amide bonds. The number of halogens is 2. The van der Waals surface area contributed by atoms with Crippen LogP contribution in [0.15, 0.2) is 18.2 Å². The van der Waals surface area contributed by atoms with Crippen LogP contribution in [0, 0.1) is 17.6 Å². The lowest BCUT2D eigenvalue weighted by Gasteiger charge is -2.28. The normalized spacial score (nSPS) is 16.4. The summed E-state index contributed by atoms with van der Waals surface area (Å²) in [7, 11) is 0. The molecule has 0 aliphatic carbocycles. The molecule has 1 aromatic rings. The van der Waals surface area contributed by atoms with Crippen LogP contribution < -0.4 is 11.1 Å². The second-order valence-corrected chi connectivity index (χ2v) is 5.30. The zero-order valence-electron chi connectivity index (χ0n) is 11.5. The van der Waals surface area contributed by atoms with Gasteiger partial charge in [0.15, 0.2) is 0 Å². The van der Waals surface area contributed by atoms with Crippen LogP contribution in [0.5, 0.6) is 0 Å². The van der Waals surface area contributed by atoms with E-state index in [4.69, 9.17) is 5.73 Å². The van der Waals surface area contributed by atoms with Crippen LogP contribution in [0.3, 0.4) is 0 Å². The molecule has 1 unspecified atom stereocenters. The van der Waals surface area contributed by atoms with Crippen molar-refractivity contribution in [1.82, 2.24) is 5.32 Å². The predicted octanol–water partition coefficient (Wildman–Crippen LogP) is 1.96. The molecular formula is C14H22F2N2O. The first-order valence-electron chi connectivity index (χ1n) is 6.44. The summed E-state index contributed by atoms with van der Waals surface area (Å²) in [6.45, 7) is 6.24. The zero-order chi connectivity index (χ0) is 14.6. The van der Waals surface area contributed by atoms with Gasteiger partial charge in [-0.3, -0.25) is 0 Å². The van der Waals surface area contributed by atoms with Crippen LogP contribution >= 0.6 is 0 Å². The van der Waals surface area contributed by atoms with Crippen molar-refractivity contribution in [1.29, 1.82) is 0 Å². The molecule has 0 saturated carbocycles. The molecule has 1 aromatic carbocycles. The lowest BCUT2D eigenvalue weighted by molar-refractivity contribution is 0.141. The van der Waals surface area contributed by atoms with Crippen molar-refractivity contribution in [2.45, 2.75) is 39.0 Å². The summed E-state index contributed by atoms with van der Waals surface area (Å²) < 4.78 is 26.6. The van der Waals surface area contributed by atoms with Crippen LogP contribution in [0.2, 0.25) is 0 Å². The standard InChI is InChI=1S/C14H22F2N2O/c1-8(2)7-18-14(13(17)9(3)19)10-4-11(15)6-12(16)5-10/h4-6,8-9,13-14,18-19H,7,17H2,1-3H3/t9-,13-,14?/m1/s1. The van der Waals surface area contributed by atoms with Crippen LogP contribution in [0.25, 0.3) is 0 Å². The molecule has 0 aliphatic heterocycles. The van der Waals surface area contributed by atoms with E-state index in [0.29, 0.717) is 18.0 Å². The van der Waals surface area contributed by atoms with Gasteiger partial charge in [-0.05, 0) is 37.1 Å². The maximum absolute atomic E-state index is 13.3. The Hall–Kier alpha value is -1.04. The predicted molar refractivity (Wildman–Crippen MR) is 71.6 cm³/mol. The average Bonchev–Trinajstić information content (AvgIpc) is 2.27. The summed E-state index contributed by atoms with van der Waals surface area (Å²) in [6, 6.07) is 2.16. The third-order valence-corrected chi connectivity index (χ3v) is 2.93. The van der Waals surface area contributed by atoms with Crippen molar-refractivity contribution in [3.05, 3.63) is 35.4 Å². The molecule has 0 spiro atoms. The quantitative estimate of drug-likeness (QED) is 0.742. The fourth-order valence-electron chi connectivity index (χ4n) is 1.87. The van der Waals surface area contributed by atoms with E-state index in [0.717, 1.165) is 6.07 Å². The molecule has 0 fully saturated rings. The van der Waals surface area contributed by atoms with Gasteiger partial charge in [-0.25, -0.2) is 8.78 Å². The minimum Gasteiger partial charge on any atom is -0.392 e. The molecular weight excluding hydrogens is 250 g/mol. The molecule has 0 saturated heterocycles. The van der Waals surface area contributed by atoms with Crippen molar-refractivity contribution in [3.63, 3.8) is 0 Å². The van der Waals surface area contributed by atoms with Gasteiger partial charge in [0.25, 0.3) is 0 Å². The summed E-state index contributed by atoms with van der Waals surface area (Å²) in [5, 5.41) is 12.8. The van der Waals surface area contributed by atoms with Crippen molar-refractivity contribution in [3.8, 4) is 0 Å². The van der Waals surface area contributed by atoms with Gasteiger partial charge < -0.3 is 16.2 Å². The monoisotopic (exact) mass is 272 g/mol. The molecule has 3 nitrogen and oxygen atoms in total. The molecule has 0 heterocycles. The van der Waals surface area contributed by atoms with Crippen molar-refractivity contribution in [2.75, 3.05) is 6.54 Å². The maximum atomic E-state index is 13.3. The number of nitrogens with one attached hydrogen (secondary N) is 1. The Morgan fingerprint density at radius 3 is 2.11 bits per heavy atom. The number of nitrogens with two attached hydrogens (primary N) is 1. The number of aliphatic hydroxyl groups is 1. The molecule has 0 bridgehead atoms. The van der Waals surface area contributed by atoms with Gasteiger partial charge in [-0.15, -0.1) is 0 Å². The minimum absolute atomic E-state index is 0.363. The van der Waals surface area contributed by atoms with Crippen LogP contribution in [0.4, 0.5) is 8.78 Å². The van der Waals surface area contributed by atoms with Gasteiger partial charge in [0.05, 0.1) is 12.1 Å². The molecule has 1 rings (SSSR count). The topological polar surface area (TPSA) is 58.3 Å². The third kappa shape index (κ3) is 4.86. The smallest absolute Gasteiger partial charge is 0.126 e. The van der Waals surface area contributed by atoms with Crippen LogP contribution in [-0.2, 0) is 0 Å². The Bertz CT molecular complexity index is 390. The molecule has 3 atom stereocenters. The Balaban J connectivity index is 3.00. The molecule has 4 N–H and O–H groups in total. The fraction of sp³-hybridized carbons (Fsp3) is 0.571. The van der Waals surface area contributed by atoms with Gasteiger partial charge in [0.2, 0.25) is 0 Å². The summed E-state index contributed by atoms with van der Waals surface area (Å²) in [6.07, 6.45) is -0.781. The highest BCUT2D eigenvalue weighted by Gasteiger charge is 2.24. The largest absolute Gasteiger partial charge is 0.392 e. The highest BCUT2D eigenvalue weighted by molar-refractivity contribution is 5.23. The van der Waals surface area contributed by atoms with Gasteiger partial charge in [0.1, 0.15) is 11.6 Å². The maximum Gasteiger partial charge on any atom is 0.126 e. The molecule has 19 heavy (non-hydrogen) atoms. The molecule has 0 radical (unpaired) electrons. The van der Waals surface area contributed by atoms with E-state index in [2.05, 4.69) is 5.32 Å². The lowest BCUT2D eigenvalue weighted by Crippen LogP contribution is -2.45. The Labute approximate surface area is 112 Å². The summed E-state index contributed by atoms with van der Waals surface area (Å²) >= 11 is 0. The first-order valence-corrected chi connectivity index (χ1v) is 6.44. The van der Waals surface area contributed by atoms with Crippen LogP contribution in [-0.4, -0.2) is 23.8 Å². The van der Waals surface area contributed by atoms with E-state index in [1.807, 2.05) is 13.8 Å². The number of aliphatic hydroxyl groups excluding tert-OH is 1. The Morgan fingerprint density at radius 2 is 1.68 bits per heavy atom. The second kappa shape index (κ2) is 6.93. The second-order valence-electron chi connectivity index (χ2n) is 5.30. The lowest BCUT2D eigenvalue weighted by atomic mass is 9.95. The van der Waals surface area contributed by atoms with E-state index in [1.165, 1.54) is 12.1 Å². The number of benzene rings is 1. The van der Waals surface area contributed by atoms with E-state index >= 15 is 0 Å². The van der Waals surface area contributed by atoms with Gasteiger partial charge >= 0.3 is 0 Å². The van der Waals surface area contributed by atoms with E-state index < -0.39 is 29.8 Å². The summed E-state index contributed by atoms with van der Waals surface area (Å²) in [4.78, 5) is 0. The highest BCUT2D eigenvalue weighted by Crippen LogP contribution is 2.20. The summed E-state index contributed by atoms with van der Waals surface area (Å²) in [5.74, 6) is -0.935. The van der Waals surface area contributed by atoms with Gasteiger partial charge in [-0.2, -0.15) is 0 Å². The number of hydrogen-bond donors (Lipinski definition) is 3. The third-order valence-electron chi connectivity index (χ3n) is 2.93. The van der Waals surface area contributed by atoms with Crippen molar-refractivity contribution in [2.24, 2.45) is 11.7 Å². The molecule has 108 valence electrons. The number of rotatable bonds is 6. The average molecular weight is 272 g/mol. The van der Waals surface area contributed by atoms with E-state index in [1.54, 1.807) is 6.92 Å². The molecule has 0 aromatic heterocycles. The SMILES string of the molecule is CC(C)CNC(c1cc(F)cc(F)c1)[C@H](N)[C@@H](C)O. The molecule has 5 heteroatoms. The number of hydrogen-bond acceptors (Lipinski definition) is 3. The highest BCUT2D eigenvalue weighted by atomic mass is 19.1. The van der Waals surface area contributed by atoms with Crippen molar-refractivity contribution < 1.29 is 13.9 Å². The van der Waals surface area contributed by atoms with Crippen LogP contribution in [0.1, 0.15) is 32.4 Å². The molecule has 0 aliphatic rings. The van der Waals surface area contributed by atoms with E-state index in [-0.39, 0.29) is 0 Å². The van der Waals surface area contributed by atoms with Gasteiger partial charge in [0, 0.05) is 12.1 Å². The van der Waals surface area contributed by atoms with Gasteiger partial charge in [-0.1, -0.05) is 13.8 Å².